The second-order valence-electron chi connectivity index (χ2n) is 6.88. The van der Waals surface area contributed by atoms with Gasteiger partial charge in [0.15, 0.2) is 5.78 Å². The first-order chi connectivity index (χ1) is 14.3. The van der Waals surface area contributed by atoms with E-state index in [0.29, 0.717) is 33.4 Å². The van der Waals surface area contributed by atoms with Crippen LogP contribution < -0.4 is 4.31 Å². The third kappa shape index (κ3) is 3.62. The number of hydrogen-bond donors (Lipinski definition) is 1. The molecule has 1 atom stereocenters. The quantitative estimate of drug-likeness (QED) is 0.387. The second kappa shape index (κ2) is 7.81. The summed E-state index contributed by atoms with van der Waals surface area (Å²) in [5, 5.41) is 0.604. The molecule has 0 radical (unpaired) electrons. The molecule has 8 heteroatoms. The summed E-state index contributed by atoms with van der Waals surface area (Å²) in [4.78, 5) is 20.4. The fourth-order valence-electron chi connectivity index (χ4n) is 3.30. The minimum absolute atomic E-state index is 0.294. The molecule has 2 aromatic heterocycles. The van der Waals surface area contributed by atoms with Crippen molar-refractivity contribution in [3.05, 3.63) is 83.4 Å². The van der Waals surface area contributed by atoms with Crippen LogP contribution in [0.1, 0.15) is 21.5 Å². The molecule has 2 heterocycles. The first-order valence-electron chi connectivity index (χ1n) is 9.06. The first-order valence-corrected chi connectivity index (χ1v) is 10.1. The van der Waals surface area contributed by atoms with Crippen LogP contribution in [0.2, 0.25) is 0 Å². The molecule has 0 amide bonds. The predicted molar refractivity (Wildman–Crippen MR) is 113 cm³/mol. The highest BCUT2D eigenvalue weighted by atomic mass is 32.2. The number of nitrogens with zero attached hydrogens (tertiary/aromatic N) is 2. The highest BCUT2D eigenvalue weighted by Gasteiger charge is 2.18. The number of pyridine rings is 1. The van der Waals surface area contributed by atoms with Crippen LogP contribution in [0.4, 0.5) is 10.1 Å². The van der Waals surface area contributed by atoms with Crippen molar-refractivity contribution in [3.8, 4) is 11.1 Å². The van der Waals surface area contributed by atoms with Crippen molar-refractivity contribution >= 4 is 33.8 Å². The molecular formula is C22H17FN3O3S-. The van der Waals surface area contributed by atoms with Crippen molar-refractivity contribution in [2.24, 2.45) is 0 Å². The standard InChI is InChI=1S/C22H18FN3O3S/c1-13-6-7-16(23)10-18(13)21(27)20-12-25-22-19(20)9-15(11-24-22)14-4-3-5-17(8-14)26(2)30(28)29/h3-12H,1-2H3,(H,24,25)(H,28,29)/p-1. The second-order valence-corrected chi connectivity index (χ2v) is 7.86. The van der Waals surface area contributed by atoms with Crippen molar-refractivity contribution in [1.82, 2.24) is 9.97 Å². The van der Waals surface area contributed by atoms with E-state index in [1.807, 2.05) is 12.1 Å². The number of aromatic amines is 1. The SMILES string of the molecule is Cc1ccc(F)cc1C(=O)c1c[nH]c2ncc(-c3cccc(N(C)S(=O)[O-])c3)cc12. The molecule has 0 spiro atoms. The van der Waals surface area contributed by atoms with Gasteiger partial charge in [0.2, 0.25) is 0 Å². The number of benzene rings is 2. The largest absolute Gasteiger partial charge is 0.755 e. The molecule has 0 saturated heterocycles. The minimum atomic E-state index is -2.39. The Hall–Kier alpha value is -3.36. The van der Waals surface area contributed by atoms with Crippen molar-refractivity contribution in [3.63, 3.8) is 0 Å². The number of aryl methyl sites for hydroxylation is 1. The van der Waals surface area contributed by atoms with Crippen LogP contribution in [0.3, 0.4) is 0 Å². The van der Waals surface area contributed by atoms with E-state index in [1.54, 1.807) is 43.6 Å². The number of hydrogen-bond acceptors (Lipinski definition) is 4. The summed E-state index contributed by atoms with van der Waals surface area (Å²) in [5.41, 5.74) is 3.87. The Kier molecular flexibility index (Phi) is 5.19. The average molecular weight is 422 g/mol. The monoisotopic (exact) mass is 422 g/mol. The van der Waals surface area contributed by atoms with Crippen molar-refractivity contribution in [2.75, 3.05) is 11.4 Å². The van der Waals surface area contributed by atoms with Crippen LogP contribution in [0.25, 0.3) is 22.2 Å². The van der Waals surface area contributed by atoms with Gasteiger partial charge in [-0.15, -0.1) is 0 Å². The van der Waals surface area contributed by atoms with Gasteiger partial charge in [-0.05, 0) is 48.4 Å². The van der Waals surface area contributed by atoms with Crippen LogP contribution in [0.5, 0.6) is 0 Å². The minimum Gasteiger partial charge on any atom is -0.755 e. The van der Waals surface area contributed by atoms with E-state index in [-0.39, 0.29) is 5.78 Å². The van der Waals surface area contributed by atoms with Crippen LogP contribution in [0.15, 0.2) is 60.9 Å². The van der Waals surface area contributed by atoms with Crippen LogP contribution >= 0.6 is 0 Å². The van der Waals surface area contributed by atoms with Gasteiger partial charge >= 0.3 is 0 Å². The smallest absolute Gasteiger partial charge is 0.195 e. The number of rotatable bonds is 5. The number of nitrogens with one attached hydrogen (secondary N) is 1. The van der Waals surface area contributed by atoms with Gasteiger partial charge in [-0.25, -0.2) is 9.37 Å². The van der Waals surface area contributed by atoms with Gasteiger partial charge in [-0.2, -0.15) is 0 Å². The zero-order valence-electron chi connectivity index (χ0n) is 16.2. The summed E-state index contributed by atoms with van der Waals surface area (Å²) in [6.45, 7) is 1.76. The molecule has 1 unspecified atom stereocenters. The topological polar surface area (TPSA) is 89.1 Å². The lowest BCUT2D eigenvalue weighted by atomic mass is 9.98. The maximum absolute atomic E-state index is 13.7. The third-order valence-electron chi connectivity index (χ3n) is 4.99. The summed E-state index contributed by atoms with van der Waals surface area (Å²) in [6, 6.07) is 12.9. The van der Waals surface area contributed by atoms with Gasteiger partial charge in [-0.1, -0.05) is 18.2 Å². The normalized spacial score (nSPS) is 12.1. The number of H-pyrrole nitrogens is 1. The zero-order chi connectivity index (χ0) is 21.4. The number of aromatic nitrogens is 2. The first kappa shape index (κ1) is 19.9. The maximum Gasteiger partial charge on any atom is 0.195 e. The van der Waals surface area contributed by atoms with Crippen LogP contribution in [-0.4, -0.2) is 31.6 Å². The highest BCUT2D eigenvalue weighted by Crippen LogP contribution is 2.29. The summed E-state index contributed by atoms with van der Waals surface area (Å²) in [5.74, 6) is -0.772. The number of ketones is 1. The fraction of sp³-hybridized carbons (Fsp3) is 0.0909. The fourth-order valence-corrected chi connectivity index (χ4v) is 3.59. The third-order valence-corrected chi connectivity index (χ3v) is 5.64. The van der Waals surface area contributed by atoms with E-state index < -0.39 is 17.1 Å². The predicted octanol–water partition coefficient (Wildman–Crippen LogP) is 4.14. The van der Waals surface area contributed by atoms with E-state index in [9.17, 15) is 17.9 Å². The highest BCUT2D eigenvalue weighted by molar-refractivity contribution is 7.80. The molecule has 30 heavy (non-hydrogen) atoms. The molecule has 152 valence electrons. The summed E-state index contributed by atoms with van der Waals surface area (Å²) < 4.78 is 37.3. The molecule has 6 nitrogen and oxygen atoms in total. The molecule has 1 N–H and O–H groups in total. The van der Waals surface area contributed by atoms with Crippen LogP contribution in [-0.2, 0) is 11.3 Å². The number of fused-ring (bicyclic) bond motifs is 1. The van der Waals surface area contributed by atoms with E-state index in [1.165, 1.54) is 19.2 Å². The van der Waals surface area contributed by atoms with Gasteiger partial charge in [0.25, 0.3) is 0 Å². The summed E-state index contributed by atoms with van der Waals surface area (Å²) >= 11 is -2.39. The van der Waals surface area contributed by atoms with Gasteiger partial charge in [0, 0.05) is 58.5 Å². The Morgan fingerprint density at radius 3 is 2.70 bits per heavy atom. The zero-order valence-corrected chi connectivity index (χ0v) is 17.0. The van der Waals surface area contributed by atoms with Gasteiger partial charge in [0.05, 0.1) is 0 Å². The molecular weight excluding hydrogens is 405 g/mol. The Morgan fingerprint density at radius 1 is 1.13 bits per heavy atom. The molecule has 0 aliphatic heterocycles. The van der Waals surface area contributed by atoms with Crippen molar-refractivity contribution in [2.45, 2.75) is 6.92 Å². The average Bonchev–Trinajstić information content (AvgIpc) is 3.17. The number of carbonyl (C=O) groups is 1. The van der Waals surface area contributed by atoms with Crippen molar-refractivity contribution in [1.29, 1.82) is 0 Å². The molecule has 4 aromatic rings. The Bertz CT molecular complexity index is 1300. The summed E-state index contributed by atoms with van der Waals surface area (Å²) in [6.07, 6.45) is 3.21. The number of carbonyl (C=O) groups excluding carboxylic acids is 1. The van der Waals surface area contributed by atoms with Crippen LogP contribution in [0, 0.1) is 12.7 Å². The lowest BCUT2D eigenvalue weighted by Crippen LogP contribution is -2.19. The molecule has 0 aliphatic rings. The van der Waals surface area contributed by atoms with Crippen molar-refractivity contribution < 1.29 is 17.9 Å². The maximum atomic E-state index is 13.7. The summed E-state index contributed by atoms with van der Waals surface area (Å²) in [7, 11) is 1.45. The Balaban J connectivity index is 1.79. The lowest BCUT2D eigenvalue weighted by Gasteiger charge is -2.21. The molecule has 2 aromatic carbocycles. The van der Waals surface area contributed by atoms with Gasteiger partial charge < -0.3 is 13.8 Å². The molecule has 0 bridgehead atoms. The molecule has 0 saturated carbocycles. The van der Waals surface area contributed by atoms with Gasteiger partial charge in [0.1, 0.15) is 11.5 Å². The lowest BCUT2D eigenvalue weighted by molar-refractivity contribution is 0.103. The number of halogens is 1. The number of anilines is 1. The van der Waals surface area contributed by atoms with E-state index in [4.69, 9.17) is 0 Å². The molecule has 0 aliphatic carbocycles. The molecule has 0 fully saturated rings. The van der Waals surface area contributed by atoms with E-state index >= 15 is 0 Å². The van der Waals surface area contributed by atoms with E-state index in [2.05, 4.69) is 9.97 Å². The molecule has 4 rings (SSSR count). The Morgan fingerprint density at radius 2 is 1.93 bits per heavy atom. The Labute approximate surface area is 174 Å². The van der Waals surface area contributed by atoms with E-state index in [0.717, 1.165) is 15.4 Å². The van der Waals surface area contributed by atoms with Gasteiger partial charge in [-0.3, -0.25) is 9.00 Å².